The van der Waals surface area contributed by atoms with Gasteiger partial charge in [-0.3, -0.25) is 4.79 Å². The average molecular weight is 249 g/mol. The maximum Gasteiger partial charge on any atom is 0.272 e. The summed E-state index contributed by atoms with van der Waals surface area (Å²) in [6.07, 6.45) is 1.74. The Labute approximate surface area is 107 Å². The Kier molecular flexibility index (Phi) is 4.15. The van der Waals surface area contributed by atoms with Crippen LogP contribution in [0.15, 0.2) is 18.2 Å². The van der Waals surface area contributed by atoms with Crippen LogP contribution < -0.4 is 5.32 Å². The topological polar surface area (TPSA) is 65.5 Å². The maximum absolute atomic E-state index is 12.2. The molecule has 1 aromatic rings. The van der Waals surface area contributed by atoms with Crippen molar-refractivity contribution in [2.24, 2.45) is 5.92 Å². The normalized spacial score (nSPS) is 16.7. The quantitative estimate of drug-likeness (QED) is 0.837. The van der Waals surface area contributed by atoms with Gasteiger partial charge in [0.25, 0.3) is 5.91 Å². The molecule has 98 valence electrons. The molecule has 0 atom stereocenters. The predicted molar refractivity (Wildman–Crippen MR) is 69.5 cm³/mol. The van der Waals surface area contributed by atoms with Crippen molar-refractivity contribution in [3.8, 4) is 0 Å². The van der Waals surface area contributed by atoms with E-state index in [1.54, 1.807) is 13.1 Å². The van der Waals surface area contributed by atoms with Crippen LogP contribution in [0.3, 0.4) is 0 Å². The molecule has 5 heteroatoms. The van der Waals surface area contributed by atoms with E-state index >= 15 is 0 Å². The number of amides is 1. The van der Waals surface area contributed by atoms with Gasteiger partial charge >= 0.3 is 0 Å². The number of carbonyl (C=O) groups is 1. The Morgan fingerprint density at radius 1 is 1.50 bits per heavy atom. The van der Waals surface area contributed by atoms with Crippen LogP contribution >= 0.6 is 0 Å². The summed E-state index contributed by atoms with van der Waals surface area (Å²) in [7, 11) is 1.78. The van der Waals surface area contributed by atoms with Crippen molar-refractivity contribution in [3.63, 3.8) is 0 Å². The van der Waals surface area contributed by atoms with Crippen molar-refractivity contribution in [2.45, 2.75) is 12.8 Å². The summed E-state index contributed by atoms with van der Waals surface area (Å²) in [5.74, 6) is 1.01. The molecular weight excluding hydrogens is 230 g/mol. The fraction of sp³-hybridized carbons (Fsp3) is 0.538. The number of carbonyl (C=O) groups excluding carboxylic acids is 1. The number of aliphatic hydroxyl groups is 1. The smallest absolute Gasteiger partial charge is 0.272 e. The predicted octanol–water partition coefficient (Wildman–Crippen LogP) is 0.968. The molecular formula is C13H19N3O2. The number of hydrogen-bond acceptors (Lipinski definition) is 4. The lowest BCUT2D eigenvalue weighted by Gasteiger charge is -2.30. The summed E-state index contributed by atoms with van der Waals surface area (Å²) in [5, 5.41) is 12.0. The van der Waals surface area contributed by atoms with E-state index < -0.39 is 0 Å². The fourth-order valence-electron chi connectivity index (χ4n) is 2.17. The SMILES string of the molecule is CNc1cccc(C(=O)N2CCC(CO)CC2)n1. The zero-order valence-corrected chi connectivity index (χ0v) is 10.6. The van der Waals surface area contributed by atoms with Gasteiger partial charge in [0, 0.05) is 26.7 Å². The molecule has 5 nitrogen and oxygen atoms in total. The largest absolute Gasteiger partial charge is 0.396 e. The number of pyridine rings is 1. The van der Waals surface area contributed by atoms with Gasteiger partial charge in [0.2, 0.25) is 0 Å². The first kappa shape index (κ1) is 12.8. The Bertz CT molecular complexity index is 414. The van der Waals surface area contributed by atoms with Gasteiger partial charge in [-0.05, 0) is 30.9 Å². The second kappa shape index (κ2) is 5.82. The Balaban J connectivity index is 2.03. The third-order valence-corrected chi connectivity index (χ3v) is 3.38. The molecule has 1 saturated heterocycles. The van der Waals surface area contributed by atoms with Crippen molar-refractivity contribution < 1.29 is 9.90 Å². The monoisotopic (exact) mass is 249 g/mol. The first-order valence-corrected chi connectivity index (χ1v) is 6.29. The molecule has 0 aromatic carbocycles. The van der Waals surface area contributed by atoms with Crippen molar-refractivity contribution in [1.29, 1.82) is 0 Å². The second-order valence-electron chi connectivity index (χ2n) is 4.58. The van der Waals surface area contributed by atoms with E-state index in [1.807, 2.05) is 17.0 Å². The van der Waals surface area contributed by atoms with Crippen LogP contribution in [0.1, 0.15) is 23.3 Å². The van der Waals surface area contributed by atoms with Crippen molar-refractivity contribution in [1.82, 2.24) is 9.88 Å². The number of aliphatic hydroxyl groups excluding tert-OH is 1. The van der Waals surface area contributed by atoms with Gasteiger partial charge in [0.15, 0.2) is 0 Å². The number of hydrogen-bond donors (Lipinski definition) is 2. The highest BCUT2D eigenvalue weighted by Crippen LogP contribution is 2.18. The molecule has 2 rings (SSSR count). The molecule has 18 heavy (non-hydrogen) atoms. The van der Waals surface area contributed by atoms with Crippen LogP contribution in [-0.2, 0) is 0 Å². The standard InChI is InChI=1S/C13H19N3O2/c1-14-12-4-2-3-11(15-12)13(18)16-7-5-10(9-17)6-8-16/h2-4,10,17H,5-9H2,1H3,(H,14,15). The molecule has 1 aromatic heterocycles. The molecule has 0 aliphatic carbocycles. The lowest BCUT2D eigenvalue weighted by atomic mass is 9.98. The molecule has 0 bridgehead atoms. The van der Waals surface area contributed by atoms with Crippen molar-refractivity contribution >= 4 is 11.7 Å². The van der Waals surface area contributed by atoms with Crippen LogP contribution in [0.2, 0.25) is 0 Å². The minimum absolute atomic E-state index is 0.0245. The summed E-state index contributed by atoms with van der Waals surface area (Å²) in [5.41, 5.74) is 0.476. The van der Waals surface area contributed by atoms with Crippen molar-refractivity contribution in [3.05, 3.63) is 23.9 Å². The fourth-order valence-corrected chi connectivity index (χ4v) is 2.17. The zero-order chi connectivity index (χ0) is 13.0. The first-order chi connectivity index (χ1) is 8.74. The average Bonchev–Trinajstić information content (AvgIpc) is 2.46. The molecule has 0 unspecified atom stereocenters. The van der Waals surface area contributed by atoms with Gasteiger partial charge in [-0.15, -0.1) is 0 Å². The van der Waals surface area contributed by atoms with Crippen LogP contribution in [0.5, 0.6) is 0 Å². The van der Waals surface area contributed by atoms with Crippen LogP contribution in [0.4, 0.5) is 5.82 Å². The Morgan fingerprint density at radius 3 is 2.83 bits per heavy atom. The number of rotatable bonds is 3. The Hall–Kier alpha value is -1.62. The van der Waals surface area contributed by atoms with Gasteiger partial charge in [-0.2, -0.15) is 0 Å². The molecule has 1 aliphatic rings. The molecule has 0 spiro atoms. The van der Waals surface area contributed by atoms with Gasteiger partial charge in [0.1, 0.15) is 11.5 Å². The summed E-state index contributed by atoms with van der Waals surface area (Å²) < 4.78 is 0. The highest BCUT2D eigenvalue weighted by atomic mass is 16.3. The van der Waals surface area contributed by atoms with E-state index in [-0.39, 0.29) is 12.5 Å². The summed E-state index contributed by atoms with van der Waals surface area (Å²) in [6.45, 7) is 1.63. The summed E-state index contributed by atoms with van der Waals surface area (Å²) in [6, 6.07) is 5.39. The van der Waals surface area contributed by atoms with E-state index in [0.717, 1.165) is 12.8 Å². The maximum atomic E-state index is 12.2. The molecule has 0 saturated carbocycles. The van der Waals surface area contributed by atoms with E-state index in [9.17, 15) is 4.79 Å². The van der Waals surface area contributed by atoms with Crippen molar-refractivity contribution in [2.75, 3.05) is 32.1 Å². The van der Waals surface area contributed by atoms with Gasteiger partial charge in [-0.25, -0.2) is 4.98 Å². The third kappa shape index (κ3) is 2.79. The molecule has 2 heterocycles. The van der Waals surface area contributed by atoms with Crippen LogP contribution in [0, 0.1) is 5.92 Å². The molecule has 2 N–H and O–H groups in total. The molecule has 1 fully saturated rings. The van der Waals surface area contributed by atoms with E-state index in [0.29, 0.717) is 30.5 Å². The first-order valence-electron chi connectivity index (χ1n) is 6.29. The van der Waals surface area contributed by atoms with Crippen LogP contribution in [-0.4, -0.2) is 47.6 Å². The van der Waals surface area contributed by atoms with E-state index in [2.05, 4.69) is 10.3 Å². The number of aromatic nitrogens is 1. The number of nitrogens with one attached hydrogen (secondary N) is 1. The van der Waals surface area contributed by atoms with Gasteiger partial charge in [0.05, 0.1) is 0 Å². The number of nitrogens with zero attached hydrogens (tertiary/aromatic N) is 2. The second-order valence-corrected chi connectivity index (χ2v) is 4.58. The number of likely N-dealkylation sites (tertiary alicyclic amines) is 1. The highest BCUT2D eigenvalue weighted by molar-refractivity contribution is 5.92. The third-order valence-electron chi connectivity index (χ3n) is 3.38. The summed E-state index contributed by atoms with van der Waals surface area (Å²) in [4.78, 5) is 18.3. The summed E-state index contributed by atoms with van der Waals surface area (Å²) >= 11 is 0. The molecule has 0 radical (unpaired) electrons. The minimum atomic E-state index is -0.0245. The Morgan fingerprint density at radius 2 is 2.22 bits per heavy atom. The number of piperidine rings is 1. The van der Waals surface area contributed by atoms with Gasteiger partial charge < -0.3 is 15.3 Å². The number of anilines is 1. The zero-order valence-electron chi connectivity index (χ0n) is 10.6. The molecule has 1 aliphatic heterocycles. The lowest BCUT2D eigenvalue weighted by molar-refractivity contribution is 0.0645. The van der Waals surface area contributed by atoms with E-state index in [1.165, 1.54) is 0 Å². The lowest BCUT2D eigenvalue weighted by Crippen LogP contribution is -2.39. The highest BCUT2D eigenvalue weighted by Gasteiger charge is 2.23. The van der Waals surface area contributed by atoms with E-state index in [4.69, 9.17) is 5.11 Å². The van der Waals surface area contributed by atoms with Crippen LogP contribution in [0.25, 0.3) is 0 Å². The van der Waals surface area contributed by atoms with Gasteiger partial charge in [-0.1, -0.05) is 6.07 Å². The minimum Gasteiger partial charge on any atom is -0.396 e. The molecule has 1 amide bonds.